The lowest BCUT2D eigenvalue weighted by molar-refractivity contribution is 0.0984. The van der Waals surface area contributed by atoms with E-state index in [-0.39, 0.29) is 5.91 Å². The van der Waals surface area contributed by atoms with Crippen molar-refractivity contribution in [1.29, 1.82) is 0 Å². The van der Waals surface area contributed by atoms with Gasteiger partial charge in [-0.15, -0.1) is 11.3 Å². The van der Waals surface area contributed by atoms with E-state index in [1.54, 1.807) is 16.2 Å². The molecule has 3 rings (SSSR count). The van der Waals surface area contributed by atoms with Crippen molar-refractivity contribution in [3.63, 3.8) is 0 Å². The van der Waals surface area contributed by atoms with Gasteiger partial charge in [-0.25, -0.2) is 0 Å². The van der Waals surface area contributed by atoms with Crippen molar-refractivity contribution in [3.05, 3.63) is 53.5 Å². The number of H-pyrrole nitrogens is 1. The van der Waals surface area contributed by atoms with Crippen LogP contribution in [0.4, 0.5) is 5.69 Å². The van der Waals surface area contributed by atoms with Crippen LogP contribution in [0.1, 0.15) is 17.4 Å². The number of rotatable bonds is 3. The van der Waals surface area contributed by atoms with Gasteiger partial charge in [0.2, 0.25) is 0 Å². The zero-order valence-corrected chi connectivity index (χ0v) is 11.4. The maximum Gasteiger partial charge on any atom is 0.274 e. The summed E-state index contributed by atoms with van der Waals surface area (Å²) < 4.78 is 1.12. The van der Waals surface area contributed by atoms with Crippen LogP contribution in [0, 0.1) is 0 Å². The van der Waals surface area contributed by atoms with Gasteiger partial charge in [-0.2, -0.15) is 0 Å². The van der Waals surface area contributed by atoms with Gasteiger partial charge < -0.3 is 9.88 Å². The molecule has 0 aliphatic heterocycles. The molecule has 0 aliphatic rings. The highest BCUT2D eigenvalue weighted by Crippen LogP contribution is 2.23. The Morgan fingerprint density at radius 3 is 2.74 bits per heavy atom. The van der Waals surface area contributed by atoms with Gasteiger partial charge in [-0.3, -0.25) is 4.79 Å². The van der Waals surface area contributed by atoms with Gasteiger partial charge in [0.25, 0.3) is 5.91 Å². The van der Waals surface area contributed by atoms with Crippen LogP contribution in [0.15, 0.2) is 47.8 Å². The number of carbonyl (C=O) groups excluding carboxylic acids is 1. The Morgan fingerprint density at radius 1 is 1.26 bits per heavy atom. The monoisotopic (exact) mass is 270 g/mol. The number of thiophene rings is 1. The van der Waals surface area contributed by atoms with E-state index in [0.29, 0.717) is 12.2 Å². The average Bonchev–Trinajstić information content (AvgIpc) is 3.01. The molecule has 0 fully saturated rings. The minimum absolute atomic E-state index is 0.0112. The van der Waals surface area contributed by atoms with Gasteiger partial charge in [0.15, 0.2) is 0 Å². The van der Waals surface area contributed by atoms with Crippen molar-refractivity contribution in [2.75, 3.05) is 11.4 Å². The van der Waals surface area contributed by atoms with Crippen LogP contribution >= 0.6 is 11.3 Å². The molecule has 0 saturated carbocycles. The van der Waals surface area contributed by atoms with Gasteiger partial charge in [0.05, 0.1) is 10.2 Å². The highest BCUT2D eigenvalue weighted by atomic mass is 32.1. The number of aromatic nitrogens is 1. The number of nitrogens with zero attached hydrogens (tertiary/aromatic N) is 1. The molecule has 19 heavy (non-hydrogen) atoms. The van der Waals surface area contributed by atoms with Crippen LogP contribution in [-0.2, 0) is 0 Å². The van der Waals surface area contributed by atoms with Gasteiger partial charge in [0, 0.05) is 12.2 Å². The molecule has 0 spiro atoms. The first-order chi connectivity index (χ1) is 9.29. The summed E-state index contributed by atoms with van der Waals surface area (Å²) in [5, 5.41) is 2.02. The Morgan fingerprint density at radius 2 is 2.05 bits per heavy atom. The number of hydrogen-bond acceptors (Lipinski definition) is 2. The first kappa shape index (κ1) is 12.0. The fraction of sp³-hybridized carbons (Fsp3) is 0.133. The molecule has 3 nitrogen and oxygen atoms in total. The summed E-state index contributed by atoms with van der Waals surface area (Å²) in [7, 11) is 0. The molecule has 2 heterocycles. The molecule has 0 aliphatic carbocycles. The predicted octanol–water partition coefficient (Wildman–Crippen LogP) is 3.90. The lowest BCUT2D eigenvalue weighted by Gasteiger charge is -2.20. The fourth-order valence-corrected chi connectivity index (χ4v) is 2.94. The Labute approximate surface area is 115 Å². The largest absolute Gasteiger partial charge is 0.350 e. The van der Waals surface area contributed by atoms with E-state index in [2.05, 4.69) is 4.98 Å². The van der Waals surface area contributed by atoms with Crippen LogP contribution in [0.2, 0.25) is 0 Å². The minimum Gasteiger partial charge on any atom is -0.350 e. The van der Waals surface area contributed by atoms with Crippen molar-refractivity contribution < 1.29 is 4.79 Å². The number of anilines is 1. The van der Waals surface area contributed by atoms with E-state index in [0.717, 1.165) is 15.9 Å². The maximum atomic E-state index is 12.5. The summed E-state index contributed by atoms with van der Waals surface area (Å²) in [6.07, 6.45) is 0. The third kappa shape index (κ3) is 2.15. The summed E-state index contributed by atoms with van der Waals surface area (Å²) in [4.78, 5) is 17.5. The lowest BCUT2D eigenvalue weighted by atomic mass is 10.2. The number of nitrogens with one attached hydrogen (secondary N) is 1. The third-order valence-electron chi connectivity index (χ3n) is 3.10. The van der Waals surface area contributed by atoms with Gasteiger partial charge in [-0.05, 0) is 36.6 Å². The molecule has 0 radical (unpaired) electrons. The van der Waals surface area contributed by atoms with Crippen LogP contribution in [0.5, 0.6) is 0 Å². The van der Waals surface area contributed by atoms with Gasteiger partial charge in [0.1, 0.15) is 5.69 Å². The van der Waals surface area contributed by atoms with Crippen molar-refractivity contribution in [3.8, 4) is 0 Å². The Hall–Kier alpha value is -2.07. The molecule has 1 aromatic carbocycles. The SMILES string of the molecule is CCN(C(=O)c1cc2sccc2[nH]1)c1ccccc1. The quantitative estimate of drug-likeness (QED) is 0.770. The van der Waals surface area contributed by atoms with Crippen LogP contribution in [0.25, 0.3) is 10.2 Å². The summed E-state index contributed by atoms with van der Waals surface area (Å²) in [6.45, 7) is 2.63. The summed E-state index contributed by atoms with van der Waals surface area (Å²) in [5.74, 6) is 0.0112. The van der Waals surface area contributed by atoms with Gasteiger partial charge >= 0.3 is 0 Å². The number of amides is 1. The van der Waals surface area contributed by atoms with E-state index >= 15 is 0 Å². The summed E-state index contributed by atoms with van der Waals surface area (Å²) >= 11 is 1.64. The number of para-hydroxylation sites is 1. The molecule has 4 heteroatoms. The number of aromatic amines is 1. The molecule has 0 saturated heterocycles. The molecule has 1 amide bonds. The van der Waals surface area contributed by atoms with E-state index < -0.39 is 0 Å². The molecule has 0 unspecified atom stereocenters. The summed E-state index contributed by atoms with van der Waals surface area (Å²) in [5.41, 5.74) is 2.60. The highest BCUT2D eigenvalue weighted by molar-refractivity contribution is 7.17. The second-order valence-electron chi connectivity index (χ2n) is 4.27. The van der Waals surface area contributed by atoms with E-state index in [1.165, 1.54) is 0 Å². The van der Waals surface area contributed by atoms with Crippen molar-refractivity contribution in [1.82, 2.24) is 4.98 Å². The third-order valence-corrected chi connectivity index (χ3v) is 3.96. The first-order valence-electron chi connectivity index (χ1n) is 6.22. The fourth-order valence-electron chi connectivity index (χ4n) is 2.16. The van der Waals surface area contributed by atoms with E-state index in [4.69, 9.17) is 0 Å². The van der Waals surface area contributed by atoms with Crippen molar-refractivity contribution in [2.45, 2.75) is 6.92 Å². The zero-order valence-electron chi connectivity index (χ0n) is 10.6. The Balaban J connectivity index is 1.95. The second-order valence-corrected chi connectivity index (χ2v) is 5.21. The van der Waals surface area contributed by atoms with Crippen molar-refractivity contribution in [2.24, 2.45) is 0 Å². The lowest BCUT2D eigenvalue weighted by Crippen LogP contribution is -2.30. The van der Waals surface area contributed by atoms with Crippen LogP contribution in [-0.4, -0.2) is 17.4 Å². The topological polar surface area (TPSA) is 36.1 Å². The molecule has 1 N–H and O–H groups in total. The van der Waals surface area contributed by atoms with E-state index in [1.807, 2.05) is 54.8 Å². The maximum absolute atomic E-state index is 12.5. The van der Waals surface area contributed by atoms with Crippen LogP contribution < -0.4 is 4.90 Å². The number of fused-ring (bicyclic) bond motifs is 1. The highest BCUT2D eigenvalue weighted by Gasteiger charge is 2.18. The Bertz CT molecular complexity index is 671. The number of benzene rings is 1. The molecule has 96 valence electrons. The smallest absolute Gasteiger partial charge is 0.274 e. The minimum atomic E-state index is 0.0112. The zero-order chi connectivity index (χ0) is 13.2. The molecule has 0 atom stereocenters. The first-order valence-corrected chi connectivity index (χ1v) is 7.10. The summed E-state index contributed by atoms with van der Waals surface area (Å²) in [6, 6.07) is 13.7. The van der Waals surface area contributed by atoms with Crippen molar-refractivity contribution >= 4 is 33.1 Å². The number of hydrogen-bond donors (Lipinski definition) is 1. The molecule has 3 aromatic rings. The van der Waals surface area contributed by atoms with Crippen LogP contribution in [0.3, 0.4) is 0 Å². The molecular formula is C15H14N2OS. The normalized spacial score (nSPS) is 10.8. The average molecular weight is 270 g/mol. The van der Waals surface area contributed by atoms with E-state index in [9.17, 15) is 4.79 Å². The standard InChI is InChI=1S/C15H14N2OS/c1-2-17(11-6-4-3-5-7-11)15(18)13-10-14-12(16-13)8-9-19-14/h3-10,16H,2H2,1H3. The molecule has 0 bridgehead atoms. The predicted molar refractivity (Wildman–Crippen MR) is 80.0 cm³/mol. The number of carbonyl (C=O) groups is 1. The second kappa shape index (κ2) is 4.90. The molecular weight excluding hydrogens is 256 g/mol. The Kier molecular flexibility index (Phi) is 3.09. The van der Waals surface area contributed by atoms with Gasteiger partial charge in [-0.1, -0.05) is 18.2 Å². The molecule has 2 aromatic heterocycles.